The molecule has 1 saturated heterocycles. The first-order valence-corrected chi connectivity index (χ1v) is 11.3. The van der Waals surface area contributed by atoms with Gasteiger partial charge in [-0.1, -0.05) is 29.4 Å². The van der Waals surface area contributed by atoms with E-state index in [1.165, 1.54) is 0 Å². The molecule has 146 valence electrons. The third-order valence-electron chi connectivity index (χ3n) is 5.05. The highest BCUT2D eigenvalue weighted by Gasteiger charge is 2.40. The highest BCUT2D eigenvalue weighted by atomic mass is 35.5. The quantitative estimate of drug-likeness (QED) is 0.568. The molecule has 0 bridgehead atoms. The lowest BCUT2D eigenvalue weighted by molar-refractivity contribution is -0.119. The van der Waals surface area contributed by atoms with Crippen LogP contribution in [0.5, 0.6) is 11.5 Å². The minimum Gasteiger partial charge on any atom is -0.457 e. The van der Waals surface area contributed by atoms with Crippen molar-refractivity contribution in [3.05, 3.63) is 59.2 Å². The van der Waals surface area contributed by atoms with Gasteiger partial charge in [0, 0.05) is 27.4 Å². The molecule has 0 aliphatic carbocycles. The Morgan fingerprint density at radius 1 is 1.14 bits per heavy atom. The third-order valence-corrected chi connectivity index (χ3v) is 7.50. The number of fused-ring (bicyclic) bond motifs is 2. The number of hydrogen-bond donors (Lipinski definition) is 1. The summed E-state index contributed by atoms with van der Waals surface area (Å²) >= 11 is 8.91. The van der Waals surface area contributed by atoms with Crippen molar-refractivity contribution < 1.29 is 14.3 Å². The van der Waals surface area contributed by atoms with Crippen molar-refractivity contribution in [3.63, 3.8) is 0 Å². The van der Waals surface area contributed by atoms with E-state index in [-0.39, 0.29) is 22.3 Å². The second kappa shape index (κ2) is 7.55. The number of aromatic nitrogens is 1. The van der Waals surface area contributed by atoms with Crippen LogP contribution in [0.15, 0.2) is 53.6 Å². The number of nitrogens with one attached hydrogen (secondary N) is 1. The Labute approximate surface area is 180 Å². The summed E-state index contributed by atoms with van der Waals surface area (Å²) in [7, 11) is 0. The molecule has 0 saturated carbocycles. The summed E-state index contributed by atoms with van der Waals surface area (Å²) in [6, 6.07) is 13.3. The second-order valence-electron chi connectivity index (χ2n) is 6.83. The van der Waals surface area contributed by atoms with E-state index in [1.807, 2.05) is 42.5 Å². The monoisotopic (exact) mass is 442 g/mol. The van der Waals surface area contributed by atoms with Crippen molar-refractivity contribution in [2.75, 3.05) is 5.75 Å². The fourth-order valence-electron chi connectivity index (χ4n) is 3.72. The van der Waals surface area contributed by atoms with Crippen LogP contribution in [0.3, 0.4) is 0 Å². The van der Waals surface area contributed by atoms with Crippen molar-refractivity contribution >= 4 is 57.2 Å². The van der Waals surface area contributed by atoms with Crippen molar-refractivity contribution in [3.8, 4) is 11.5 Å². The van der Waals surface area contributed by atoms with E-state index in [2.05, 4.69) is 10.3 Å². The Bertz CT molecular complexity index is 1150. The van der Waals surface area contributed by atoms with Gasteiger partial charge in [-0.2, -0.15) is 0 Å². The minimum atomic E-state index is -0.359. The normalized spacial score (nSPS) is 21.1. The molecule has 5 rings (SSSR count). The lowest BCUT2D eigenvalue weighted by Gasteiger charge is -2.27. The van der Waals surface area contributed by atoms with Gasteiger partial charge in [0.2, 0.25) is 5.91 Å². The highest BCUT2D eigenvalue weighted by Crippen LogP contribution is 2.45. The second-order valence-corrected chi connectivity index (χ2v) is 9.52. The number of ether oxygens (including phenoxy) is 1. The van der Waals surface area contributed by atoms with Crippen LogP contribution in [-0.4, -0.2) is 27.1 Å². The van der Waals surface area contributed by atoms with Gasteiger partial charge in [0.1, 0.15) is 16.7 Å². The van der Waals surface area contributed by atoms with E-state index < -0.39 is 0 Å². The lowest BCUT2D eigenvalue weighted by Crippen LogP contribution is -2.30. The van der Waals surface area contributed by atoms with Crippen molar-refractivity contribution in [1.82, 2.24) is 10.3 Å². The first kappa shape index (κ1) is 18.8. The summed E-state index contributed by atoms with van der Waals surface area (Å²) in [5, 5.41) is 3.30. The largest absolute Gasteiger partial charge is 0.457 e. The van der Waals surface area contributed by atoms with Crippen molar-refractivity contribution in [1.29, 1.82) is 0 Å². The average molecular weight is 443 g/mol. The first-order chi connectivity index (χ1) is 14.1. The van der Waals surface area contributed by atoms with Gasteiger partial charge in [0.15, 0.2) is 0 Å². The van der Waals surface area contributed by atoms with Crippen LogP contribution in [0.25, 0.3) is 10.9 Å². The van der Waals surface area contributed by atoms with Crippen LogP contribution in [0.1, 0.15) is 17.9 Å². The molecule has 2 aliphatic heterocycles. The third kappa shape index (κ3) is 3.58. The molecule has 0 spiro atoms. The predicted octanol–water partition coefficient (Wildman–Crippen LogP) is 5.61. The van der Waals surface area contributed by atoms with E-state index in [1.54, 1.807) is 18.0 Å². The van der Waals surface area contributed by atoms with E-state index in [0.717, 1.165) is 51.0 Å². The smallest absolute Gasteiger partial charge is 0.286 e. The molecule has 3 aromatic rings. The summed E-state index contributed by atoms with van der Waals surface area (Å²) in [6.45, 7) is 0. The first-order valence-electron chi connectivity index (χ1n) is 9.09. The summed E-state index contributed by atoms with van der Waals surface area (Å²) in [6.07, 6.45) is 2.57. The molecular formula is C21H15ClN2O3S2. The molecule has 5 nitrogen and oxygen atoms in total. The number of carbonyl (C=O) groups is 2. The molecule has 2 atom stereocenters. The Morgan fingerprint density at radius 3 is 2.86 bits per heavy atom. The SMILES string of the molecule is O=C1NC(=O)C(C2CCSc3cc(Oc4ccnc5cc(Cl)ccc45)ccc32)S1. The molecular weight excluding hydrogens is 428 g/mol. The van der Waals surface area contributed by atoms with Gasteiger partial charge in [0.05, 0.1) is 5.52 Å². The minimum absolute atomic E-state index is 0.0284. The van der Waals surface area contributed by atoms with Crippen LogP contribution >= 0.6 is 35.1 Å². The number of pyridine rings is 1. The van der Waals surface area contributed by atoms with Crippen LogP contribution < -0.4 is 10.1 Å². The molecule has 2 unspecified atom stereocenters. The van der Waals surface area contributed by atoms with Crippen molar-refractivity contribution in [2.24, 2.45) is 0 Å². The number of hydrogen-bond acceptors (Lipinski definition) is 6. The highest BCUT2D eigenvalue weighted by molar-refractivity contribution is 8.15. The number of halogens is 1. The zero-order valence-corrected chi connectivity index (χ0v) is 17.4. The molecule has 29 heavy (non-hydrogen) atoms. The molecule has 2 aromatic carbocycles. The summed E-state index contributed by atoms with van der Waals surface area (Å²) in [4.78, 5) is 29.2. The van der Waals surface area contributed by atoms with Gasteiger partial charge in [-0.15, -0.1) is 11.8 Å². The molecule has 0 radical (unpaired) electrons. The molecule has 3 heterocycles. The number of nitrogens with zero attached hydrogens (tertiary/aromatic N) is 1. The number of imide groups is 1. The van der Waals surface area contributed by atoms with Gasteiger partial charge in [-0.25, -0.2) is 0 Å². The number of amides is 2. The van der Waals surface area contributed by atoms with E-state index >= 15 is 0 Å². The Balaban J connectivity index is 1.46. The van der Waals surface area contributed by atoms with Crippen LogP contribution in [0.4, 0.5) is 4.79 Å². The fourth-order valence-corrected chi connectivity index (χ4v) is 6.07. The number of rotatable bonds is 3. The Morgan fingerprint density at radius 2 is 2.03 bits per heavy atom. The van der Waals surface area contributed by atoms with Crippen molar-refractivity contribution in [2.45, 2.75) is 22.5 Å². The van der Waals surface area contributed by atoms with Gasteiger partial charge in [0.25, 0.3) is 5.24 Å². The maximum atomic E-state index is 12.2. The zero-order chi connectivity index (χ0) is 20.0. The summed E-state index contributed by atoms with van der Waals surface area (Å²) in [5.41, 5.74) is 1.87. The van der Waals surface area contributed by atoms with Crippen LogP contribution in [0, 0.1) is 0 Å². The lowest BCUT2D eigenvalue weighted by atomic mass is 9.91. The number of carbonyl (C=O) groups excluding carboxylic acids is 2. The molecule has 1 fully saturated rings. The summed E-state index contributed by atoms with van der Waals surface area (Å²) < 4.78 is 6.16. The Kier molecular flexibility index (Phi) is 4.89. The van der Waals surface area contributed by atoms with Gasteiger partial charge < -0.3 is 4.74 Å². The molecule has 8 heteroatoms. The predicted molar refractivity (Wildman–Crippen MR) is 116 cm³/mol. The van der Waals surface area contributed by atoms with Gasteiger partial charge >= 0.3 is 0 Å². The number of thioether (sulfide) groups is 2. The average Bonchev–Trinajstić information content (AvgIpc) is 3.05. The molecule has 2 amide bonds. The van der Waals surface area contributed by atoms with E-state index in [0.29, 0.717) is 10.8 Å². The fraction of sp³-hybridized carbons (Fsp3) is 0.190. The van der Waals surface area contributed by atoms with Crippen LogP contribution in [-0.2, 0) is 4.79 Å². The van der Waals surface area contributed by atoms with Gasteiger partial charge in [-0.3, -0.25) is 19.9 Å². The number of benzene rings is 2. The molecule has 1 aromatic heterocycles. The zero-order valence-electron chi connectivity index (χ0n) is 15.1. The Hall–Kier alpha value is -2.22. The van der Waals surface area contributed by atoms with E-state index in [9.17, 15) is 9.59 Å². The molecule has 2 aliphatic rings. The molecule has 1 N–H and O–H groups in total. The maximum Gasteiger partial charge on any atom is 0.286 e. The standard InChI is InChI=1S/C21H15ClN2O3S2/c22-11-1-3-15-16(9-11)23-7-5-17(15)27-12-2-4-13-14(6-8-28-18(13)10-12)19-20(25)24-21(26)29-19/h1-5,7,9-10,14,19H,6,8H2,(H,24,25,26). The maximum absolute atomic E-state index is 12.2. The van der Waals surface area contributed by atoms with Gasteiger partial charge in [-0.05, 0) is 54.1 Å². The topological polar surface area (TPSA) is 68.3 Å². The van der Waals surface area contributed by atoms with E-state index in [4.69, 9.17) is 16.3 Å². The summed E-state index contributed by atoms with van der Waals surface area (Å²) in [5.74, 6) is 2.17. The van der Waals surface area contributed by atoms with Crippen LogP contribution in [0.2, 0.25) is 5.02 Å².